The number of benzene rings is 1. The van der Waals surface area contributed by atoms with Gasteiger partial charge in [0.1, 0.15) is 0 Å². The van der Waals surface area contributed by atoms with Gasteiger partial charge in [-0.3, -0.25) is 0 Å². The van der Waals surface area contributed by atoms with Gasteiger partial charge in [0, 0.05) is 6.42 Å². The van der Waals surface area contributed by atoms with Crippen molar-refractivity contribution in [3.8, 4) is 0 Å². The zero-order chi connectivity index (χ0) is 10.4. The van der Waals surface area contributed by atoms with Crippen molar-refractivity contribution in [1.82, 2.24) is 0 Å². The van der Waals surface area contributed by atoms with Crippen molar-refractivity contribution in [3.63, 3.8) is 0 Å². The van der Waals surface area contributed by atoms with Crippen LogP contribution in [0.3, 0.4) is 0 Å². The number of hydrogen-bond donors (Lipinski definition) is 3. The third-order valence-corrected chi connectivity index (χ3v) is 2.20. The van der Waals surface area contributed by atoms with Crippen LogP contribution in [0.5, 0.6) is 0 Å². The molecule has 3 N–H and O–H groups in total. The molecule has 1 rings (SSSR count). The highest BCUT2D eigenvalue weighted by Gasteiger charge is 2.07. The molecule has 1 unspecified atom stereocenters. The van der Waals surface area contributed by atoms with E-state index in [1.165, 1.54) is 0 Å². The lowest BCUT2D eigenvalue weighted by molar-refractivity contribution is 0.135. The molecule has 1 aromatic carbocycles. The second-order valence-electron chi connectivity index (χ2n) is 2.80. The molecule has 0 amide bonds. The van der Waals surface area contributed by atoms with Gasteiger partial charge in [-0.15, -0.1) is 0 Å². The highest BCUT2D eigenvalue weighted by molar-refractivity contribution is 7.39. The molecule has 0 heterocycles. The average Bonchev–Trinajstić information content (AvgIpc) is 2.18. The van der Waals surface area contributed by atoms with Crippen LogP contribution in [0.4, 0.5) is 0 Å². The lowest BCUT2D eigenvalue weighted by atomic mass is 10.1. The molecule has 0 fully saturated rings. The van der Waals surface area contributed by atoms with Crippen molar-refractivity contribution in [3.05, 3.63) is 35.9 Å². The molecule has 0 spiro atoms. The Kier molecular flexibility index (Phi) is 5.01. The first-order valence-corrected chi connectivity index (χ1v) is 5.40. The molecule has 4 nitrogen and oxygen atoms in total. The minimum Gasteiger partial charge on any atom is -0.388 e. The Balaban J connectivity index is 2.32. The molecule has 0 aromatic heterocycles. The second kappa shape index (κ2) is 6.06. The van der Waals surface area contributed by atoms with E-state index in [4.69, 9.17) is 9.79 Å². The van der Waals surface area contributed by atoms with E-state index in [1.54, 1.807) is 0 Å². The van der Waals surface area contributed by atoms with Crippen LogP contribution in [0, 0.1) is 0 Å². The van der Waals surface area contributed by atoms with Gasteiger partial charge in [-0.2, -0.15) is 0 Å². The summed E-state index contributed by atoms with van der Waals surface area (Å²) in [5.41, 5.74) is 0.802. The maximum Gasteiger partial charge on any atom is 0.327 e. The summed E-state index contributed by atoms with van der Waals surface area (Å²) in [4.78, 5) is 16.9. The van der Waals surface area contributed by atoms with Gasteiger partial charge in [-0.05, 0) is 5.56 Å². The van der Waals surface area contributed by atoms with E-state index in [0.29, 0.717) is 6.42 Å². The Bertz CT molecular complexity index is 252. The van der Waals surface area contributed by atoms with Crippen molar-refractivity contribution in [2.75, 3.05) is 6.61 Å². The van der Waals surface area contributed by atoms with Gasteiger partial charge < -0.3 is 19.4 Å². The summed E-state index contributed by atoms with van der Waals surface area (Å²) in [6.07, 6.45) is -0.268. The minimum atomic E-state index is -2.31. The molecule has 0 saturated heterocycles. The van der Waals surface area contributed by atoms with Crippen molar-refractivity contribution in [1.29, 1.82) is 0 Å². The number of aliphatic hydroxyl groups excluding tert-OH is 1. The lowest BCUT2D eigenvalue weighted by Crippen LogP contribution is -2.01. The Morgan fingerprint density at radius 2 is 1.86 bits per heavy atom. The highest BCUT2D eigenvalue weighted by atomic mass is 31.2. The van der Waals surface area contributed by atoms with Crippen LogP contribution in [0.25, 0.3) is 0 Å². The summed E-state index contributed by atoms with van der Waals surface area (Å²) in [6.45, 7) is 0.134. The molecule has 78 valence electrons. The van der Waals surface area contributed by atoms with Crippen LogP contribution < -0.4 is 0 Å². The molecule has 14 heavy (non-hydrogen) atoms. The zero-order valence-corrected chi connectivity index (χ0v) is 8.47. The average molecular weight is 216 g/mol. The fraction of sp³-hybridized carbons (Fsp3) is 0.333. The van der Waals surface area contributed by atoms with Gasteiger partial charge in [0.15, 0.2) is 0 Å². The summed E-state index contributed by atoms with van der Waals surface area (Å²) in [7, 11) is -2.31. The molecule has 5 heteroatoms. The standard InChI is InChI=1S/C9H13O4P/c10-9(6-7-13-14(11)12)8-4-2-1-3-5-8/h1-5,9-12H,6-7H2. The summed E-state index contributed by atoms with van der Waals surface area (Å²) < 4.78 is 4.55. The zero-order valence-electron chi connectivity index (χ0n) is 7.58. The highest BCUT2D eigenvalue weighted by Crippen LogP contribution is 2.26. The molecule has 1 atom stereocenters. The SMILES string of the molecule is OC(CCOP(O)O)c1ccccc1. The third kappa shape index (κ3) is 4.13. The van der Waals surface area contributed by atoms with Crippen molar-refractivity contribution < 1.29 is 19.4 Å². The number of hydrogen-bond acceptors (Lipinski definition) is 4. The molecule has 0 aliphatic heterocycles. The van der Waals surface area contributed by atoms with Crippen molar-refractivity contribution in [2.24, 2.45) is 0 Å². The Morgan fingerprint density at radius 3 is 2.43 bits per heavy atom. The van der Waals surface area contributed by atoms with Gasteiger partial charge in [-0.25, -0.2) is 0 Å². The van der Waals surface area contributed by atoms with E-state index in [9.17, 15) is 5.11 Å². The van der Waals surface area contributed by atoms with Crippen molar-refractivity contribution in [2.45, 2.75) is 12.5 Å². The summed E-state index contributed by atoms with van der Waals surface area (Å²) >= 11 is 0. The molecule has 0 bridgehead atoms. The predicted molar refractivity (Wildman–Crippen MR) is 53.3 cm³/mol. The smallest absolute Gasteiger partial charge is 0.327 e. The van der Waals surface area contributed by atoms with Gasteiger partial charge in [0.05, 0.1) is 12.7 Å². The van der Waals surface area contributed by atoms with Crippen molar-refractivity contribution >= 4 is 8.60 Å². The third-order valence-electron chi connectivity index (χ3n) is 1.78. The van der Waals surface area contributed by atoms with Gasteiger partial charge >= 0.3 is 8.60 Å². The van der Waals surface area contributed by atoms with E-state index >= 15 is 0 Å². The van der Waals surface area contributed by atoms with E-state index in [2.05, 4.69) is 4.52 Å². The molecule has 0 saturated carbocycles. The Labute approximate surface area is 83.8 Å². The minimum absolute atomic E-state index is 0.134. The number of rotatable bonds is 5. The molecule has 0 aliphatic carbocycles. The van der Waals surface area contributed by atoms with Crippen LogP contribution in [-0.4, -0.2) is 21.5 Å². The number of aliphatic hydroxyl groups is 1. The van der Waals surface area contributed by atoms with Crippen LogP contribution in [0.15, 0.2) is 30.3 Å². The maximum absolute atomic E-state index is 9.60. The van der Waals surface area contributed by atoms with Crippen LogP contribution >= 0.6 is 8.60 Å². The molecule has 0 aliphatic rings. The fourth-order valence-corrected chi connectivity index (χ4v) is 1.36. The summed E-state index contributed by atoms with van der Waals surface area (Å²) in [5.74, 6) is 0. The molecular formula is C9H13O4P. The Morgan fingerprint density at radius 1 is 1.21 bits per heavy atom. The predicted octanol–water partition coefficient (Wildman–Crippen LogP) is 1.34. The first-order chi connectivity index (χ1) is 6.70. The fourth-order valence-electron chi connectivity index (χ4n) is 1.09. The first kappa shape index (κ1) is 11.6. The van der Waals surface area contributed by atoms with Crippen LogP contribution in [0.1, 0.15) is 18.1 Å². The quantitative estimate of drug-likeness (QED) is 0.649. The van der Waals surface area contributed by atoms with E-state index in [-0.39, 0.29) is 6.61 Å². The van der Waals surface area contributed by atoms with E-state index in [0.717, 1.165) is 5.56 Å². The normalized spacial score (nSPS) is 13.1. The monoisotopic (exact) mass is 216 g/mol. The van der Waals surface area contributed by atoms with Gasteiger partial charge in [-0.1, -0.05) is 30.3 Å². The topological polar surface area (TPSA) is 69.9 Å². The van der Waals surface area contributed by atoms with Crippen LogP contribution in [0.2, 0.25) is 0 Å². The largest absolute Gasteiger partial charge is 0.388 e. The van der Waals surface area contributed by atoms with E-state index in [1.807, 2.05) is 30.3 Å². The maximum atomic E-state index is 9.60. The molecular weight excluding hydrogens is 203 g/mol. The second-order valence-corrected chi connectivity index (χ2v) is 3.56. The van der Waals surface area contributed by atoms with Crippen LogP contribution in [-0.2, 0) is 4.52 Å². The first-order valence-electron chi connectivity index (χ1n) is 4.24. The lowest BCUT2D eigenvalue weighted by Gasteiger charge is -2.10. The van der Waals surface area contributed by atoms with Gasteiger partial charge in [0.2, 0.25) is 0 Å². The summed E-state index contributed by atoms with van der Waals surface area (Å²) in [5, 5.41) is 9.60. The molecule has 1 aromatic rings. The molecule has 0 radical (unpaired) electrons. The van der Waals surface area contributed by atoms with Gasteiger partial charge in [0.25, 0.3) is 0 Å². The van der Waals surface area contributed by atoms with E-state index < -0.39 is 14.7 Å². The summed E-state index contributed by atoms with van der Waals surface area (Å²) in [6, 6.07) is 9.17. The Hall–Kier alpha value is -0.510.